The number of hydrogen-bond acceptors (Lipinski definition) is 2. The first-order chi connectivity index (χ1) is 7.31. The van der Waals surface area contributed by atoms with Crippen molar-refractivity contribution in [2.45, 2.75) is 18.9 Å². The molecule has 0 radical (unpaired) electrons. The smallest absolute Gasteiger partial charge is 0.122 e. The summed E-state index contributed by atoms with van der Waals surface area (Å²) in [5.74, 6) is 1.43. The van der Waals surface area contributed by atoms with Crippen molar-refractivity contribution in [2.24, 2.45) is 11.7 Å². The molecule has 2 atom stereocenters. The lowest BCUT2D eigenvalue weighted by Gasteiger charge is -2.29. The van der Waals surface area contributed by atoms with Gasteiger partial charge in [0.2, 0.25) is 0 Å². The van der Waals surface area contributed by atoms with Crippen molar-refractivity contribution in [3.05, 3.63) is 42.5 Å². The molecular formula is C13H17NO. The maximum Gasteiger partial charge on any atom is 0.122 e. The van der Waals surface area contributed by atoms with Crippen molar-refractivity contribution in [2.75, 3.05) is 6.61 Å². The molecule has 1 aliphatic rings. The van der Waals surface area contributed by atoms with Crippen molar-refractivity contribution in [3.8, 4) is 5.75 Å². The average molecular weight is 203 g/mol. The molecule has 0 spiro atoms. The molecule has 1 heterocycles. The van der Waals surface area contributed by atoms with Crippen molar-refractivity contribution in [3.63, 3.8) is 0 Å². The van der Waals surface area contributed by atoms with Crippen LogP contribution in [-0.4, -0.2) is 12.6 Å². The Kier molecular flexibility index (Phi) is 3.07. The fourth-order valence-electron chi connectivity index (χ4n) is 2.01. The van der Waals surface area contributed by atoms with E-state index in [0.29, 0.717) is 5.92 Å². The number of para-hydroxylation sites is 1. The zero-order valence-corrected chi connectivity index (χ0v) is 8.86. The lowest BCUT2D eigenvalue weighted by molar-refractivity contribution is 0.199. The van der Waals surface area contributed by atoms with Gasteiger partial charge in [0.1, 0.15) is 5.75 Å². The lowest BCUT2D eigenvalue weighted by atomic mass is 9.89. The van der Waals surface area contributed by atoms with Crippen LogP contribution in [0.25, 0.3) is 0 Å². The van der Waals surface area contributed by atoms with Crippen LogP contribution in [0.3, 0.4) is 0 Å². The van der Waals surface area contributed by atoms with Crippen LogP contribution in [0, 0.1) is 5.92 Å². The Morgan fingerprint density at radius 3 is 3.13 bits per heavy atom. The van der Waals surface area contributed by atoms with E-state index in [1.165, 1.54) is 5.56 Å². The van der Waals surface area contributed by atoms with E-state index in [-0.39, 0.29) is 6.04 Å². The molecule has 2 heteroatoms. The molecule has 2 N–H and O–H groups in total. The Labute approximate surface area is 90.7 Å². The number of rotatable bonds is 3. The maximum atomic E-state index is 6.06. The van der Waals surface area contributed by atoms with E-state index in [1.807, 2.05) is 24.3 Å². The summed E-state index contributed by atoms with van der Waals surface area (Å²) >= 11 is 0. The van der Waals surface area contributed by atoms with Gasteiger partial charge in [-0.1, -0.05) is 24.3 Å². The molecule has 0 bridgehead atoms. The molecule has 2 nitrogen and oxygen atoms in total. The third-order valence-corrected chi connectivity index (χ3v) is 2.95. The number of benzene rings is 1. The first-order valence-corrected chi connectivity index (χ1v) is 5.38. The van der Waals surface area contributed by atoms with Crippen LogP contribution in [0.15, 0.2) is 36.9 Å². The van der Waals surface area contributed by atoms with Crippen LogP contribution < -0.4 is 10.5 Å². The minimum Gasteiger partial charge on any atom is -0.493 e. The molecule has 0 saturated heterocycles. The highest BCUT2D eigenvalue weighted by Crippen LogP contribution is 2.28. The second-order valence-electron chi connectivity index (χ2n) is 4.07. The van der Waals surface area contributed by atoms with Gasteiger partial charge in [-0.2, -0.15) is 0 Å². The number of nitrogens with two attached hydrogens (primary N) is 1. The Hall–Kier alpha value is -1.28. The van der Waals surface area contributed by atoms with Gasteiger partial charge in [0.05, 0.1) is 6.61 Å². The van der Waals surface area contributed by atoms with Gasteiger partial charge in [-0.25, -0.2) is 0 Å². The summed E-state index contributed by atoms with van der Waals surface area (Å²) in [4.78, 5) is 0. The minimum absolute atomic E-state index is 0.163. The van der Waals surface area contributed by atoms with Crippen molar-refractivity contribution >= 4 is 0 Å². The molecule has 1 aromatic carbocycles. The quantitative estimate of drug-likeness (QED) is 0.764. The molecule has 0 fully saturated rings. The summed E-state index contributed by atoms with van der Waals surface area (Å²) in [7, 11) is 0. The number of hydrogen-bond donors (Lipinski definition) is 1. The van der Waals surface area contributed by atoms with Crippen LogP contribution in [0.4, 0.5) is 0 Å². The van der Waals surface area contributed by atoms with E-state index in [0.717, 1.165) is 25.2 Å². The van der Waals surface area contributed by atoms with Gasteiger partial charge in [0.15, 0.2) is 0 Å². The third-order valence-electron chi connectivity index (χ3n) is 2.95. The highest BCUT2D eigenvalue weighted by atomic mass is 16.5. The second-order valence-corrected chi connectivity index (χ2v) is 4.07. The van der Waals surface area contributed by atoms with Gasteiger partial charge in [-0.3, -0.25) is 0 Å². The summed E-state index contributed by atoms with van der Waals surface area (Å²) in [6, 6.07) is 8.34. The van der Waals surface area contributed by atoms with E-state index < -0.39 is 0 Å². The van der Waals surface area contributed by atoms with Crippen LogP contribution >= 0.6 is 0 Å². The zero-order valence-electron chi connectivity index (χ0n) is 8.86. The molecule has 0 aromatic heterocycles. The number of fused-ring (bicyclic) bond motifs is 1. The third kappa shape index (κ3) is 2.21. The van der Waals surface area contributed by atoms with E-state index in [4.69, 9.17) is 10.5 Å². The summed E-state index contributed by atoms with van der Waals surface area (Å²) in [6.45, 7) is 4.45. The summed E-state index contributed by atoms with van der Waals surface area (Å²) < 4.78 is 5.69. The van der Waals surface area contributed by atoms with Crippen LogP contribution in [0.1, 0.15) is 12.0 Å². The van der Waals surface area contributed by atoms with E-state index >= 15 is 0 Å². The Balaban J connectivity index is 2.08. The monoisotopic (exact) mass is 203 g/mol. The van der Waals surface area contributed by atoms with Crippen molar-refractivity contribution in [1.82, 2.24) is 0 Å². The summed E-state index contributed by atoms with van der Waals surface area (Å²) in [6.07, 6.45) is 3.76. The zero-order chi connectivity index (χ0) is 10.7. The molecule has 2 rings (SSSR count). The van der Waals surface area contributed by atoms with E-state index in [9.17, 15) is 0 Å². The second kappa shape index (κ2) is 4.49. The fourth-order valence-corrected chi connectivity index (χ4v) is 2.01. The molecular weight excluding hydrogens is 186 g/mol. The van der Waals surface area contributed by atoms with E-state index in [1.54, 1.807) is 0 Å². The van der Waals surface area contributed by atoms with Crippen LogP contribution in [0.5, 0.6) is 5.75 Å². The standard InChI is InChI=1S/C13H17NO/c1-2-5-12(14)11-8-10-6-3-4-7-13(10)15-9-11/h2-4,6-7,11-12H,1,5,8-9,14H2. The molecule has 0 aliphatic carbocycles. The lowest BCUT2D eigenvalue weighted by Crippen LogP contribution is -2.37. The first kappa shape index (κ1) is 10.2. The Bertz CT molecular complexity index is 348. The minimum atomic E-state index is 0.163. The normalized spacial score (nSPS) is 21.3. The SMILES string of the molecule is C=CCC(N)C1COc2ccccc2C1. The largest absolute Gasteiger partial charge is 0.493 e. The molecule has 80 valence electrons. The Morgan fingerprint density at radius 2 is 2.33 bits per heavy atom. The molecule has 2 unspecified atom stereocenters. The summed E-state index contributed by atoms with van der Waals surface area (Å²) in [5.41, 5.74) is 7.34. The molecule has 1 aliphatic heterocycles. The van der Waals surface area contributed by atoms with Crippen LogP contribution in [-0.2, 0) is 6.42 Å². The van der Waals surface area contributed by atoms with Gasteiger partial charge in [0.25, 0.3) is 0 Å². The van der Waals surface area contributed by atoms with Gasteiger partial charge in [0, 0.05) is 12.0 Å². The number of ether oxygens (including phenoxy) is 1. The topological polar surface area (TPSA) is 35.2 Å². The summed E-state index contributed by atoms with van der Waals surface area (Å²) in [5, 5.41) is 0. The maximum absolute atomic E-state index is 6.06. The van der Waals surface area contributed by atoms with Gasteiger partial charge in [-0.05, 0) is 24.5 Å². The van der Waals surface area contributed by atoms with Gasteiger partial charge >= 0.3 is 0 Å². The fraction of sp³-hybridized carbons (Fsp3) is 0.385. The average Bonchev–Trinajstić information content (AvgIpc) is 2.29. The van der Waals surface area contributed by atoms with Crippen molar-refractivity contribution < 1.29 is 4.74 Å². The van der Waals surface area contributed by atoms with Crippen LogP contribution in [0.2, 0.25) is 0 Å². The Morgan fingerprint density at radius 1 is 1.53 bits per heavy atom. The van der Waals surface area contributed by atoms with E-state index in [2.05, 4.69) is 12.6 Å². The van der Waals surface area contributed by atoms with Crippen molar-refractivity contribution in [1.29, 1.82) is 0 Å². The predicted octanol–water partition coefficient (Wildman–Crippen LogP) is 2.14. The van der Waals surface area contributed by atoms with Gasteiger partial charge in [-0.15, -0.1) is 6.58 Å². The predicted molar refractivity (Wildman–Crippen MR) is 61.9 cm³/mol. The molecule has 15 heavy (non-hydrogen) atoms. The highest BCUT2D eigenvalue weighted by Gasteiger charge is 2.23. The molecule has 1 aromatic rings. The molecule has 0 saturated carbocycles. The molecule has 0 amide bonds. The first-order valence-electron chi connectivity index (χ1n) is 5.38. The van der Waals surface area contributed by atoms with Gasteiger partial charge < -0.3 is 10.5 Å². The highest BCUT2D eigenvalue weighted by molar-refractivity contribution is 5.35.